The lowest BCUT2D eigenvalue weighted by atomic mass is 9.80. The van der Waals surface area contributed by atoms with Crippen molar-refractivity contribution in [3.63, 3.8) is 0 Å². The second kappa shape index (κ2) is 9.51. The van der Waals surface area contributed by atoms with Crippen molar-refractivity contribution in [2.45, 2.75) is 6.61 Å². The summed E-state index contributed by atoms with van der Waals surface area (Å²) >= 11 is 1.00. The molecule has 0 saturated heterocycles. The minimum Gasteiger partial charge on any atom is -0.493 e. The van der Waals surface area contributed by atoms with E-state index in [-0.39, 0.29) is 28.6 Å². The standard InChI is InChI=1S/C23H20BN5O5S/c1-33-15-6-5-12(8-16(15)34-10-11-3-2-4-13(7-11)24(31)32)17-14(9-25)21(27)29-23-18(17)19(26)20(35-23)22(28)30/h2-8,31-32H,10,26H2,1H3,(H2,27,29)(H2,28,30). The van der Waals surface area contributed by atoms with Gasteiger partial charge in [0.1, 0.15) is 33.8 Å². The van der Waals surface area contributed by atoms with Gasteiger partial charge in [-0.2, -0.15) is 5.26 Å². The molecule has 12 heteroatoms. The summed E-state index contributed by atoms with van der Waals surface area (Å²) in [6, 6.07) is 13.8. The Hall–Kier alpha value is -4.31. The van der Waals surface area contributed by atoms with Gasteiger partial charge in [0.15, 0.2) is 11.5 Å². The first-order valence-corrected chi connectivity index (χ1v) is 11.0. The zero-order chi connectivity index (χ0) is 25.3. The third-order valence-electron chi connectivity index (χ3n) is 5.34. The lowest BCUT2D eigenvalue weighted by Crippen LogP contribution is -2.29. The van der Waals surface area contributed by atoms with Crippen LogP contribution in [0.5, 0.6) is 11.5 Å². The smallest absolute Gasteiger partial charge is 0.488 e. The number of thiophene rings is 1. The summed E-state index contributed by atoms with van der Waals surface area (Å²) in [5.41, 5.74) is 19.9. The number of rotatable bonds is 7. The van der Waals surface area contributed by atoms with E-state index < -0.39 is 13.0 Å². The van der Waals surface area contributed by atoms with Crippen molar-refractivity contribution in [3.05, 3.63) is 58.5 Å². The van der Waals surface area contributed by atoms with Crippen LogP contribution in [0.15, 0.2) is 42.5 Å². The normalized spacial score (nSPS) is 10.7. The molecule has 1 amide bonds. The number of nitrogens with two attached hydrogens (primary N) is 3. The maximum Gasteiger partial charge on any atom is 0.488 e. The molecule has 0 bridgehead atoms. The number of pyridine rings is 1. The first-order chi connectivity index (χ1) is 16.7. The summed E-state index contributed by atoms with van der Waals surface area (Å²) in [5.74, 6) is 0.0729. The number of methoxy groups -OCH3 is 1. The Bertz CT molecular complexity index is 1500. The highest BCUT2D eigenvalue weighted by atomic mass is 32.1. The van der Waals surface area contributed by atoms with Gasteiger partial charge in [-0.1, -0.05) is 30.3 Å². The Kier molecular flexibility index (Phi) is 6.48. The maximum atomic E-state index is 11.9. The number of hydrogen-bond donors (Lipinski definition) is 5. The number of nitrogens with zero attached hydrogens (tertiary/aromatic N) is 2. The molecular weight excluding hydrogens is 469 g/mol. The Labute approximate surface area is 204 Å². The monoisotopic (exact) mass is 489 g/mol. The van der Waals surface area contributed by atoms with E-state index in [9.17, 15) is 20.1 Å². The number of nitrogen functional groups attached to an aromatic ring is 2. The fraction of sp³-hybridized carbons (Fsp3) is 0.0870. The zero-order valence-electron chi connectivity index (χ0n) is 18.5. The predicted octanol–water partition coefficient (Wildman–Crippen LogP) is 1.37. The summed E-state index contributed by atoms with van der Waals surface area (Å²) in [4.78, 5) is 16.6. The first-order valence-electron chi connectivity index (χ1n) is 10.2. The third kappa shape index (κ3) is 4.43. The summed E-state index contributed by atoms with van der Waals surface area (Å²) in [7, 11) is -0.109. The van der Waals surface area contributed by atoms with Crippen LogP contribution in [0, 0.1) is 11.3 Å². The molecule has 0 aliphatic rings. The van der Waals surface area contributed by atoms with E-state index in [1.807, 2.05) is 0 Å². The summed E-state index contributed by atoms with van der Waals surface area (Å²) < 4.78 is 11.4. The predicted molar refractivity (Wildman–Crippen MR) is 134 cm³/mol. The van der Waals surface area contributed by atoms with Gasteiger partial charge in [0.05, 0.1) is 12.8 Å². The van der Waals surface area contributed by atoms with Crippen molar-refractivity contribution in [2.75, 3.05) is 18.6 Å². The maximum absolute atomic E-state index is 11.9. The largest absolute Gasteiger partial charge is 0.493 e. The van der Waals surface area contributed by atoms with Gasteiger partial charge in [0.2, 0.25) is 0 Å². The van der Waals surface area contributed by atoms with E-state index in [1.165, 1.54) is 7.11 Å². The molecule has 0 aliphatic carbocycles. The minimum absolute atomic E-state index is 0.00932. The molecule has 2 aromatic carbocycles. The van der Waals surface area contributed by atoms with Gasteiger partial charge in [-0.05, 0) is 28.7 Å². The topological polar surface area (TPSA) is 191 Å². The molecule has 2 aromatic heterocycles. The third-order valence-corrected chi connectivity index (χ3v) is 6.45. The molecule has 4 rings (SSSR count). The van der Waals surface area contributed by atoms with Crippen LogP contribution in [-0.4, -0.2) is 35.2 Å². The van der Waals surface area contributed by atoms with E-state index in [0.717, 1.165) is 11.3 Å². The van der Waals surface area contributed by atoms with E-state index in [1.54, 1.807) is 42.5 Å². The highest BCUT2D eigenvalue weighted by Crippen LogP contribution is 2.44. The van der Waals surface area contributed by atoms with Crippen LogP contribution in [0.25, 0.3) is 21.3 Å². The van der Waals surface area contributed by atoms with E-state index >= 15 is 0 Å². The van der Waals surface area contributed by atoms with Gasteiger partial charge in [0, 0.05) is 10.9 Å². The Balaban J connectivity index is 1.83. The Morgan fingerprint density at radius 3 is 2.63 bits per heavy atom. The van der Waals surface area contributed by atoms with Crippen LogP contribution in [0.1, 0.15) is 20.8 Å². The first kappa shape index (κ1) is 23.8. The number of primary amides is 1. The van der Waals surface area contributed by atoms with E-state index in [0.29, 0.717) is 43.9 Å². The molecule has 0 spiro atoms. The van der Waals surface area contributed by atoms with Gasteiger partial charge in [-0.3, -0.25) is 4.79 Å². The van der Waals surface area contributed by atoms with Crippen molar-refractivity contribution in [2.24, 2.45) is 5.73 Å². The number of carbonyl (C=O) groups is 1. The zero-order valence-corrected chi connectivity index (χ0v) is 19.3. The molecule has 0 atom stereocenters. The molecule has 0 saturated carbocycles. The molecule has 2 heterocycles. The molecule has 0 radical (unpaired) electrons. The fourth-order valence-electron chi connectivity index (χ4n) is 3.70. The summed E-state index contributed by atoms with van der Waals surface area (Å²) in [6.07, 6.45) is 0. The van der Waals surface area contributed by atoms with Crippen molar-refractivity contribution in [3.8, 4) is 28.7 Å². The minimum atomic E-state index is -1.60. The molecule has 8 N–H and O–H groups in total. The fourth-order valence-corrected chi connectivity index (χ4v) is 4.67. The Morgan fingerprint density at radius 2 is 1.97 bits per heavy atom. The molecule has 0 unspecified atom stereocenters. The number of amides is 1. The van der Waals surface area contributed by atoms with Crippen LogP contribution in [0.3, 0.4) is 0 Å². The van der Waals surface area contributed by atoms with Crippen LogP contribution >= 0.6 is 11.3 Å². The van der Waals surface area contributed by atoms with Gasteiger partial charge in [-0.25, -0.2) is 4.98 Å². The van der Waals surface area contributed by atoms with Crippen LogP contribution in [0.4, 0.5) is 11.5 Å². The second-order valence-electron chi connectivity index (χ2n) is 7.52. The molecule has 0 fully saturated rings. The number of nitriles is 1. The van der Waals surface area contributed by atoms with Gasteiger partial charge >= 0.3 is 7.12 Å². The lowest BCUT2D eigenvalue weighted by molar-refractivity contribution is 0.100. The number of ether oxygens (including phenoxy) is 2. The molecule has 10 nitrogen and oxygen atoms in total. The van der Waals surface area contributed by atoms with Crippen LogP contribution < -0.4 is 32.1 Å². The molecule has 35 heavy (non-hydrogen) atoms. The van der Waals surface area contributed by atoms with Crippen molar-refractivity contribution in [1.82, 2.24) is 4.98 Å². The molecule has 0 aliphatic heterocycles. The average Bonchev–Trinajstić information content (AvgIpc) is 3.17. The van der Waals surface area contributed by atoms with Gasteiger partial charge in [-0.15, -0.1) is 11.3 Å². The van der Waals surface area contributed by atoms with Crippen LogP contribution in [0.2, 0.25) is 0 Å². The highest BCUT2D eigenvalue weighted by Gasteiger charge is 2.24. The second-order valence-corrected chi connectivity index (χ2v) is 8.52. The number of hydrogen-bond acceptors (Lipinski definition) is 10. The highest BCUT2D eigenvalue weighted by molar-refractivity contribution is 7.21. The SMILES string of the molecule is COc1ccc(-c2c(C#N)c(N)nc3sc(C(N)=O)c(N)c23)cc1OCc1cccc(B(O)O)c1. The molecule has 4 aromatic rings. The summed E-state index contributed by atoms with van der Waals surface area (Å²) in [5, 5.41) is 29.0. The van der Waals surface area contributed by atoms with Gasteiger partial charge < -0.3 is 36.7 Å². The molecular formula is C23H20BN5O5S. The number of anilines is 2. The summed E-state index contributed by atoms with van der Waals surface area (Å²) in [6.45, 7) is 0.103. The van der Waals surface area contributed by atoms with E-state index in [2.05, 4.69) is 11.1 Å². The van der Waals surface area contributed by atoms with Gasteiger partial charge in [0.25, 0.3) is 5.91 Å². The van der Waals surface area contributed by atoms with Crippen LogP contribution in [-0.2, 0) is 6.61 Å². The van der Waals surface area contributed by atoms with Crippen molar-refractivity contribution in [1.29, 1.82) is 5.26 Å². The average molecular weight is 489 g/mol. The number of aromatic nitrogens is 1. The molecule has 176 valence electrons. The number of benzene rings is 2. The lowest BCUT2D eigenvalue weighted by Gasteiger charge is -2.15. The Morgan fingerprint density at radius 1 is 1.20 bits per heavy atom. The number of fused-ring (bicyclic) bond motifs is 1. The van der Waals surface area contributed by atoms with Crippen molar-refractivity contribution < 1.29 is 24.3 Å². The number of carbonyl (C=O) groups excluding carboxylic acids is 1. The quantitative estimate of drug-likeness (QED) is 0.239. The van der Waals surface area contributed by atoms with Crippen molar-refractivity contribution >= 4 is 51.5 Å². The van der Waals surface area contributed by atoms with E-state index in [4.69, 9.17) is 26.7 Å².